The maximum Gasteiger partial charge on any atom is 0.410 e. The summed E-state index contributed by atoms with van der Waals surface area (Å²) in [4.78, 5) is 28.5. The van der Waals surface area contributed by atoms with Crippen LogP contribution in [0.15, 0.2) is 53.6 Å². The third kappa shape index (κ3) is 5.53. The highest BCUT2D eigenvalue weighted by Gasteiger charge is 2.32. The van der Waals surface area contributed by atoms with Gasteiger partial charge in [-0.25, -0.2) is 18.7 Å². The first-order valence-electron chi connectivity index (χ1n) is 13.5. The maximum absolute atomic E-state index is 14.5. The van der Waals surface area contributed by atoms with Gasteiger partial charge in [0.1, 0.15) is 24.4 Å². The van der Waals surface area contributed by atoms with Gasteiger partial charge in [0.25, 0.3) is 0 Å². The molecule has 0 saturated carbocycles. The summed E-state index contributed by atoms with van der Waals surface area (Å²) in [5.74, 6) is 0.185. The molecule has 2 aromatic carbocycles. The molecule has 2 aromatic heterocycles. The fraction of sp³-hybridized carbons (Fsp3) is 0.367. The maximum atomic E-state index is 14.5. The molecule has 0 N–H and O–H groups in total. The molecule has 3 heterocycles. The minimum atomic E-state index is -2.44. The van der Waals surface area contributed by atoms with E-state index in [1.807, 2.05) is 20.8 Å². The van der Waals surface area contributed by atoms with Crippen molar-refractivity contribution in [3.8, 4) is 17.2 Å². The highest BCUT2D eigenvalue weighted by atomic mass is 31.2. The molecule has 4 aromatic rings. The van der Waals surface area contributed by atoms with Gasteiger partial charge in [0.2, 0.25) is 0 Å². The standard InChI is InChI=1S/C30H35FN5O4P/c1-19-16-22(17-20(2)26(19)31)36-27(24-18-33(13-12-25(24)32-36)29(38)40-30(3,4)5)35-15-14-34(28(35)37)21-8-10-23(11-9-21)41(6,7)39/h8-11,14-17H,12-13,18H2,1-7H3. The van der Waals surface area contributed by atoms with Gasteiger partial charge in [-0.1, -0.05) is 0 Å². The molecule has 41 heavy (non-hydrogen) atoms. The number of nitrogens with zero attached hydrogens (tertiary/aromatic N) is 5. The molecular formula is C30H35FN5O4P. The smallest absolute Gasteiger partial charge is 0.410 e. The van der Waals surface area contributed by atoms with Crippen molar-refractivity contribution in [2.24, 2.45) is 0 Å². The number of benzene rings is 2. The van der Waals surface area contributed by atoms with Gasteiger partial charge in [-0.05, 0) is 95.5 Å². The average Bonchev–Trinajstić information content (AvgIpc) is 3.45. The fourth-order valence-corrected chi connectivity index (χ4v) is 5.89. The van der Waals surface area contributed by atoms with Gasteiger partial charge in [0.15, 0.2) is 0 Å². The first-order valence-corrected chi connectivity index (χ1v) is 16.1. The van der Waals surface area contributed by atoms with E-state index in [4.69, 9.17) is 9.84 Å². The molecule has 0 fully saturated rings. The summed E-state index contributed by atoms with van der Waals surface area (Å²) in [6, 6.07) is 10.5. The van der Waals surface area contributed by atoms with Crippen LogP contribution in [0.2, 0.25) is 0 Å². The molecule has 0 radical (unpaired) electrons. The van der Waals surface area contributed by atoms with Gasteiger partial charge >= 0.3 is 11.8 Å². The molecule has 0 saturated heterocycles. The Balaban J connectivity index is 1.65. The number of aryl methyl sites for hydroxylation is 2. The Morgan fingerprint density at radius 3 is 2.20 bits per heavy atom. The Labute approximate surface area is 238 Å². The molecule has 1 aliphatic heterocycles. The van der Waals surface area contributed by atoms with Crippen LogP contribution >= 0.6 is 7.14 Å². The van der Waals surface area contributed by atoms with Crippen LogP contribution in [0.25, 0.3) is 17.2 Å². The zero-order chi connectivity index (χ0) is 29.9. The van der Waals surface area contributed by atoms with Crippen molar-refractivity contribution in [1.29, 1.82) is 0 Å². The second-order valence-corrected chi connectivity index (χ2v) is 15.1. The molecule has 0 spiro atoms. The Kier molecular flexibility index (Phi) is 7.10. The number of halogens is 1. The normalized spacial score (nSPS) is 13.8. The zero-order valence-corrected chi connectivity index (χ0v) is 25.3. The Morgan fingerprint density at radius 1 is 1.00 bits per heavy atom. The number of hydrogen-bond donors (Lipinski definition) is 0. The summed E-state index contributed by atoms with van der Waals surface area (Å²) in [5.41, 5.74) is 2.63. The Bertz CT molecular complexity index is 1730. The summed E-state index contributed by atoms with van der Waals surface area (Å²) in [7, 11) is -2.44. The van der Waals surface area contributed by atoms with Gasteiger partial charge in [-0.3, -0.25) is 9.13 Å². The Hall–Kier alpha value is -3.91. The molecule has 0 aliphatic carbocycles. The van der Waals surface area contributed by atoms with Crippen LogP contribution in [-0.2, 0) is 22.3 Å². The second-order valence-electron chi connectivity index (χ2n) is 11.9. The average molecular weight is 580 g/mol. The van der Waals surface area contributed by atoms with Gasteiger partial charge in [-0.2, -0.15) is 5.10 Å². The fourth-order valence-electron chi connectivity index (χ4n) is 5.02. The lowest BCUT2D eigenvalue weighted by atomic mass is 10.1. The number of carbonyl (C=O) groups is 1. The van der Waals surface area contributed by atoms with Crippen molar-refractivity contribution in [1.82, 2.24) is 23.8 Å². The number of rotatable bonds is 4. The van der Waals surface area contributed by atoms with Crippen LogP contribution in [0, 0.1) is 19.7 Å². The van der Waals surface area contributed by atoms with E-state index in [0.717, 1.165) is 16.6 Å². The van der Waals surface area contributed by atoms with E-state index in [-0.39, 0.29) is 18.1 Å². The molecule has 9 nitrogen and oxygen atoms in total. The third-order valence-electron chi connectivity index (χ3n) is 7.08. The summed E-state index contributed by atoms with van der Waals surface area (Å²) in [5, 5.41) is 5.58. The molecule has 5 rings (SSSR count). The van der Waals surface area contributed by atoms with Crippen LogP contribution in [-0.4, -0.2) is 55.4 Å². The van der Waals surface area contributed by atoms with Crippen molar-refractivity contribution in [3.05, 3.63) is 87.5 Å². The monoisotopic (exact) mass is 579 g/mol. The molecule has 1 aliphatic rings. The predicted octanol–water partition coefficient (Wildman–Crippen LogP) is 5.11. The largest absolute Gasteiger partial charge is 0.444 e. The lowest BCUT2D eigenvalue weighted by Gasteiger charge is -2.29. The van der Waals surface area contributed by atoms with E-state index >= 15 is 0 Å². The van der Waals surface area contributed by atoms with Crippen LogP contribution in [0.1, 0.15) is 43.2 Å². The lowest BCUT2D eigenvalue weighted by molar-refractivity contribution is 0.0223. The number of carbonyl (C=O) groups excluding carboxylic acids is 1. The number of aromatic nitrogens is 4. The van der Waals surface area contributed by atoms with Gasteiger partial charge < -0.3 is 14.2 Å². The number of fused-ring (bicyclic) bond motifs is 1. The van der Waals surface area contributed by atoms with E-state index in [1.165, 1.54) is 9.13 Å². The molecule has 1 amide bonds. The second kappa shape index (κ2) is 10.2. The molecular weight excluding hydrogens is 544 g/mol. The minimum absolute atomic E-state index is 0.202. The molecule has 216 valence electrons. The first kappa shape index (κ1) is 28.6. The SMILES string of the molecule is Cc1cc(-n2nc3c(c2-n2ccn(-c4ccc(P(C)(C)=O)cc4)c2=O)CN(C(=O)OC(C)(C)C)CC3)cc(C)c1F. The minimum Gasteiger partial charge on any atom is -0.444 e. The van der Waals surface area contributed by atoms with Crippen LogP contribution in [0.3, 0.4) is 0 Å². The molecule has 0 atom stereocenters. The Morgan fingerprint density at radius 2 is 1.61 bits per heavy atom. The lowest BCUT2D eigenvalue weighted by Crippen LogP contribution is -2.40. The molecule has 11 heteroatoms. The van der Waals surface area contributed by atoms with Gasteiger partial charge in [0, 0.05) is 36.2 Å². The zero-order valence-electron chi connectivity index (χ0n) is 24.4. The molecule has 0 unspecified atom stereocenters. The highest BCUT2D eigenvalue weighted by Crippen LogP contribution is 2.34. The van der Waals surface area contributed by atoms with Crippen molar-refractivity contribution in [2.45, 2.75) is 53.2 Å². The van der Waals surface area contributed by atoms with E-state index in [1.54, 1.807) is 85.6 Å². The third-order valence-corrected chi connectivity index (χ3v) is 8.62. The first-order chi connectivity index (χ1) is 19.1. The van der Waals surface area contributed by atoms with Crippen LogP contribution < -0.4 is 11.0 Å². The van der Waals surface area contributed by atoms with Crippen molar-refractivity contribution < 1.29 is 18.5 Å². The quantitative estimate of drug-likeness (QED) is 0.314. The van der Waals surface area contributed by atoms with Crippen molar-refractivity contribution in [3.63, 3.8) is 0 Å². The summed E-state index contributed by atoms with van der Waals surface area (Å²) >= 11 is 0. The number of hydrogen-bond acceptors (Lipinski definition) is 5. The predicted molar refractivity (Wildman–Crippen MR) is 157 cm³/mol. The number of amides is 1. The van der Waals surface area contributed by atoms with E-state index in [2.05, 4.69) is 0 Å². The number of imidazole rings is 1. The number of ether oxygens (including phenoxy) is 1. The van der Waals surface area contributed by atoms with Crippen molar-refractivity contribution in [2.75, 3.05) is 19.9 Å². The van der Waals surface area contributed by atoms with Crippen LogP contribution in [0.5, 0.6) is 0 Å². The summed E-state index contributed by atoms with van der Waals surface area (Å²) in [6.45, 7) is 12.9. The summed E-state index contributed by atoms with van der Waals surface area (Å²) < 4.78 is 37.3. The summed E-state index contributed by atoms with van der Waals surface area (Å²) in [6.07, 6.45) is 3.35. The van der Waals surface area contributed by atoms with Crippen LogP contribution in [0.4, 0.5) is 9.18 Å². The van der Waals surface area contributed by atoms with Gasteiger partial charge in [-0.15, -0.1) is 0 Å². The molecule has 0 bridgehead atoms. The topological polar surface area (TPSA) is 91.4 Å². The van der Waals surface area contributed by atoms with Gasteiger partial charge in [0.05, 0.1) is 23.6 Å². The van der Waals surface area contributed by atoms with E-state index in [9.17, 15) is 18.5 Å². The van der Waals surface area contributed by atoms with E-state index < -0.39 is 18.8 Å². The van der Waals surface area contributed by atoms with E-state index in [0.29, 0.717) is 41.3 Å². The van der Waals surface area contributed by atoms with Crippen molar-refractivity contribution >= 4 is 18.5 Å². The highest BCUT2D eigenvalue weighted by molar-refractivity contribution is 7.70.